The number of amides is 1. The average Bonchev–Trinajstić information content (AvgIpc) is 2.94. The molecule has 1 aromatic heterocycles. The molecule has 1 amide bonds. The molecule has 2 rings (SSSR count). The summed E-state index contributed by atoms with van der Waals surface area (Å²) >= 11 is 0. The van der Waals surface area contributed by atoms with Crippen molar-refractivity contribution in [3.8, 4) is 0 Å². The third-order valence-corrected chi connectivity index (χ3v) is 3.08. The number of hydrogen-bond acceptors (Lipinski definition) is 4. The maximum atomic E-state index is 12.3. The van der Waals surface area contributed by atoms with E-state index in [-0.39, 0.29) is 5.69 Å². The smallest absolute Gasteiger partial charge is 0.333 e. The monoisotopic (exact) mass is 288 g/mol. The lowest BCUT2D eigenvalue weighted by Gasteiger charge is -2.26. The molecule has 0 atom stereocenters. The van der Waals surface area contributed by atoms with E-state index in [1.165, 1.54) is 6.07 Å². The summed E-state index contributed by atoms with van der Waals surface area (Å²) < 4.78 is 30.3. The first-order valence-corrected chi connectivity index (χ1v) is 6.58. The molecule has 0 radical (unpaired) electrons. The Kier molecular flexibility index (Phi) is 5.42. The lowest BCUT2D eigenvalue weighted by Crippen LogP contribution is -2.38. The van der Waals surface area contributed by atoms with Gasteiger partial charge in [0, 0.05) is 25.8 Å². The number of rotatable bonds is 6. The highest BCUT2D eigenvalue weighted by Crippen LogP contribution is 2.08. The van der Waals surface area contributed by atoms with Gasteiger partial charge in [-0.1, -0.05) is 0 Å². The van der Waals surface area contributed by atoms with Gasteiger partial charge in [-0.25, -0.2) is 4.68 Å². The fourth-order valence-electron chi connectivity index (χ4n) is 1.99. The second-order valence-corrected chi connectivity index (χ2v) is 4.52. The highest BCUT2D eigenvalue weighted by atomic mass is 19.3. The molecule has 0 aliphatic carbocycles. The van der Waals surface area contributed by atoms with Crippen LogP contribution in [0.4, 0.5) is 8.78 Å². The first kappa shape index (κ1) is 14.9. The van der Waals surface area contributed by atoms with Crippen molar-refractivity contribution in [1.29, 1.82) is 0 Å². The van der Waals surface area contributed by atoms with Gasteiger partial charge in [0.05, 0.1) is 13.2 Å². The molecule has 1 aromatic rings. The molecule has 0 bridgehead atoms. The summed E-state index contributed by atoms with van der Waals surface area (Å²) in [6.07, 6.45) is 1.90. The Morgan fingerprint density at radius 2 is 2.20 bits per heavy atom. The Morgan fingerprint density at radius 1 is 1.45 bits per heavy atom. The summed E-state index contributed by atoms with van der Waals surface area (Å²) in [6, 6.07) is 1.28. The number of morpholine rings is 1. The van der Waals surface area contributed by atoms with Crippen LogP contribution in [-0.4, -0.2) is 60.0 Å². The Labute approximate surface area is 115 Å². The van der Waals surface area contributed by atoms with Gasteiger partial charge in [-0.05, 0) is 19.0 Å². The zero-order chi connectivity index (χ0) is 14.4. The van der Waals surface area contributed by atoms with Crippen LogP contribution in [0.3, 0.4) is 0 Å². The topological polar surface area (TPSA) is 59.4 Å². The van der Waals surface area contributed by atoms with Gasteiger partial charge in [0.1, 0.15) is 5.69 Å². The maximum Gasteiger partial charge on any atom is 0.333 e. The molecule has 6 nitrogen and oxygen atoms in total. The number of hydrogen-bond donors (Lipinski definition) is 1. The van der Waals surface area contributed by atoms with E-state index >= 15 is 0 Å². The van der Waals surface area contributed by atoms with Gasteiger partial charge < -0.3 is 10.1 Å². The highest BCUT2D eigenvalue weighted by molar-refractivity contribution is 5.92. The van der Waals surface area contributed by atoms with Crippen molar-refractivity contribution in [1.82, 2.24) is 20.0 Å². The van der Waals surface area contributed by atoms with Crippen molar-refractivity contribution in [3.05, 3.63) is 18.0 Å². The van der Waals surface area contributed by atoms with Gasteiger partial charge in [0.15, 0.2) is 0 Å². The fourth-order valence-corrected chi connectivity index (χ4v) is 1.99. The SMILES string of the molecule is O=C(NCCCN1CCOCC1)c1ccn(C(F)F)n1. The van der Waals surface area contributed by atoms with Gasteiger partial charge in [-0.15, -0.1) is 0 Å². The van der Waals surface area contributed by atoms with E-state index in [0.717, 1.165) is 45.5 Å². The lowest BCUT2D eigenvalue weighted by atomic mass is 10.3. The molecule has 1 fully saturated rings. The molecule has 0 saturated carbocycles. The minimum Gasteiger partial charge on any atom is -0.379 e. The molecule has 1 aliphatic rings. The van der Waals surface area contributed by atoms with Crippen LogP contribution < -0.4 is 5.32 Å². The minimum absolute atomic E-state index is 0.0108. The van der Waals surface area contributed by atoms with Crippen molar-refractivity contribution in [2.75, 3.05) is 39.4 Å². The number of ether oxygens (including phenoxy) is 1. The summed E-state index contributed by atoms with van der Waals surface area (Å²) in [5, 5.41) is 6.18. The first-order chi connectivity index (χ1) is 9.66. The quantitative estimate of drug-likeness (QED) is 0.784. The number of halogens is 2. The van der Waals surface area contributed by atoms with Crippen LogP contribution in [0.25, 0.3) is 0 Å². The fraction of sp³-hybridized carbons (Fsp3) is 0.667. The first-order valence-electron chi connectivity index (χ1n) is 6.58. The zero-order valence-corrected chi connectivity index (χ0v) is 11.1. The average molecular weight is 288 g/mol. The number of carbonyl (C=O) groups excluding carboxylic acids is 1. The molecule has 0 aromatic carbocycles. The molecule has 1 aliphatic heterocycles. The molecule has 0 spiro atoms. The molecular weight excluding hydrogens is 270 g/mol. The normalized spacial score (nSPS) is 16.6. The molecule has 0 unspecified atom stereocenters. The van der Waals surface area contributed by atoms with E-state index in [0.29, 0.717) is 11.2 Å². The van der Waals surface area contributed by atoms with E-state index in [4.69, 9.17) is 4.74 Å². The predicted molar refractivity (Wildman–Crippen MR) is 67.7 cm³/mol. The van der Waals surface area contributed by atoms with Crippen LogP contribution in [0.2, 0.25) is 0 Å². The second kappa shape index (κ2) is 7.30. The van der Waals surface area contributed by atoms with Gasteiger partial charge >= 0.3 is 6.55 Å². The van der Waals surface area contributed by atoms with E-state index in [1.807, 2.05) is 0 Å². The van der Waals surface area contributed by atoms with Crippen LogP contribution in [0, 0.1) is 0 Å². The molecule has 8 heteroatoms. The number of nitrogens with zero attached hydrogens (tertiary/aromatic N) is 3. The molecule has 112 valence electrons. The number of alkyl halides is 2. The van der Waals surface area contributed by atoms with Crippen LogP contribution >= 0.6 is 0 Å². The van der Waals surface area contributed by atoms with E-state index < -0.39 is 12.5 Å². The molecule has 1 N–H and O–H groups in total. The second-order valence-electron chi connectivity index (χ2n) is 4.52. The van der Waals surface area contributed by atoms with Crippen LogP contribution in [-0.2, 0) is 4.74 Å². The predicted octanol–water partition coefficient (Wildman–Crippen LogP) is 0.730. The minimum atomic E-state index is -2.72. The summed E-state index contributed by atoms with van der Waals surface area (Å²) in [5.41, 5.74) is 0.0108. The maximum absolute atomic E-state index is 12.3. The van der Waals surface area contributed by atoms with Crippen molar-refractivity contribution in [3.63, 3.8) is 0 Å². The van der Waals surface area contributed by atoms with Crippen LogP contribution in [0.1, 0.15) is 23.5 Å². The van der Waals surface area contributed by atoms with Crippen LogP contribution in [0.15, 0.2) is 12.3 Å². The molecular formula is C12H18F2N4O2. The van der Waals surface area contributed by atoms with Crippen molar-refractivity contribution in [2.24, 2.45) is 0 Å². The van der Waals surface area contributed by atoms with Crippen molar-refractivity contribution in [2.45, 2.75) is 13.0 Å². The summed E-state index contributed by atoms with van der Waals surface area (Å²) in [6.45, 7) is 1.97. The Balaban J connectivity index is 1.66. The van der Waals surface area contributed by atoms with E-state index in [1.54, 1.807) is 0 Å². The Bertz CT molecular complexity index is 433. The van der Waals surface area contributed by atoms with E-state index in [9.17, 15) is 13.6 Å². The van der Waals surface area contributed by atoms with Crippen LogP contribution in [0.5, 0.6) is 0 Å². The lowest BCUT2D eigenvalue weighted by molar-refractivity contribution is 0.0374. The highest BCUT2D eigenvalue weighted by Gasteiger charge is 2.13. The third-order valence-electron chi connectivity index (χ3n) is 3.08. The van der Waals surface area contributed by atoms with Gasteiger partial charge in [-0.3, -0.25) is 9.69 Å². The largest absolute Gasteiger partial charge is 0.379 e. The van der Waals surface area contributed by atoms with Crippen molar-refractivity contribution >= 4 is 5.91 Å². The standard InChI is InChI=1S/C12H18F2N4O2/c13-12(14)18-5-2-10(16-18)11(19)15-3-1-4-17-6-8-20-9-7-17/h2,5,12H,1,3-4,6-9H2,(H,15,19). The third kappa shape index (κ3) is 4.24. The van der Waals surface area contributed by atoms with Gasteiger partial charge in [-0.2, -0.15) is 13.9 Å². The summed E-state index contributed by atoms with van der Waals surface area (Å²) in [7, 11) is 0. The number of carbonyl (C=O) groups is 1. The molecule has 2 heterocycles. The zero-order valence-electron chi connectivity index (χ0n) is 11.1. The summed E-state index contributed by atoms with van der Waals surface area (Å²) in [4.78, 5) is 13.9. The van der Waals surface area contributed by atoms with E-state index in [2.05, 4.69) is 15.3 Å². The summed E-state index contributed by atoms with van der Waals surface area (Å²) in [5.74, 6) is -0.425. The van der Waals surface area contributed by atoms with Crippen molar-refractivity contribution < 1.29 is 18.3 Å². The Morgan fingerprint density at radius 3 is 2.85 bits per heavy atom. The Hall–Kier alpha value is -1.54. The van der Waals surface area contributed by atoms with Gasteiger partial charge in [0.25, 0.3) is 5.91 Å². The number of nitrogens with one attached hydrogen (secondary N) is 1. The molecule has 20 heavy (non-hydrogen) atoms. The molecule has 1 saturated heterocycles. The number of aromatic nitrogens is 2. The van der Waals surface area contributed by atoms with Gasteiger partial charge in [0.2, 0.25) is 0 Å².